The molecule has 1 aromatic carbocycles. The Morgan fingerprint density at radius 2 is 1.83 bits per heavy atom. The number of thiophene rings is 1. The zero-order valence-corrected chi connectivity index (χ0v) is 14.3. The first-order chi connectivity index (χ1) is 11.6. The molecule has 1 N–H and O–H groups in total. The van der Waals surface area contributed by atoms with Gasteiger partial charge in [-0.2, -0.15) is 0 Å². The van der Waals surface area contributed by atoms with E-state index in [0.29, 0.717) is 11.1 Å². The Kier molecular flexibility index (Phi) is 4.58. The number of H-pyrrole nitrogens is 1. The number of rotatable bonds is 4. The third-order valence-corrected chi connectivity index (χ3v) is 4.57. The van der Waals surface area contributed by atoms with Crippen LogP contribution in [0.5, 0.6) is 0 Å². The number of hydrogen-bond donors (Lipinski definition) is 1. The van der Waals surface area contributed by atoms with Crippen LogP contribution in [0.1, 0.15) is 32.1 Å². The highest BCUT2D eigenvalue weighted by Crippen LogP contribution is 2.24. The Hall–Kier alpha value is -2.72. The molecule has 0 saturated heterocycles. The normalized spacial score (nSPS) is 11.5. The Balaban J connectivity index is 2.17. The molecule has 0 bridgehead atoms. The molecule has 4 heteroatoms. The summed E-state index contributed by atoms with van der Waals surface area (Å²) >= 11 is 1.55. The first-order valence-electron chi connectivity index (χ1n) is 7.62. The SMILES string of the molecule is Cc1cc(C)c(C(=O)C(=Cc2cccs2)c2ccccc2)c(=O)[nH]1. The number of Topliss-reactive ketones (excluding diaryl/α,β-unsaturated/α-hetero) is 1. The summed E-state index contributed by atoms with van der Waals surface area (Å²) in [5.41, 5.74) is 2.62. The van der Waals surface area contributed by atoms with Gasteiger partial charge in [0.15, 0.2) is 5.78 Å². The van der Waals surface area contributed by atoms with Gasteiger partial charge in [0, 0.05) is 16.1 Å². The molecule has 3 aromatic rings. The van der Waals surface area contributed by atoms with Gasteiger partial charge in [0.2, 0.25) is 0 Å². The predicted octanol–water partition coefficient (Wildman–Crippen LogP) is 4.48. The van der Waals surface area contributed by atoms with E-state index in [1.54, 1.807) is 18.3 Å². The summed E-state index contributed by atoms with van der Waals surface area (Å²) in [5, 5.41) is 1.96. The number of aryl methyl sites for hydroxylation is 2. The summed E-state index contributed by atoms with van der Waals surface area (Å²) in [5.74, 6) is -0.256. The molecule has 3 rings (SSSR count). The van der Waals surface area contributed by atoms with E-state index in [1.165, 1.54) is 0 Å². The maximum absolute atomic E-state index is 13.1. The Labute approximate surface area is 144 Å². The van der Waals surface area contributed by atoms with Gasteiger partial charge in [0.1, 0.15) is 0 Å². The molecule has 120 valence electrons. The zero-order chi connectivity index (χ0) is 17.1. The quantitative estimate of drug-likeness (QED) is 0.564. The fraction of sp³-hybridized carbons (Fsp3) is 0.100. The predicted molar refractivity (Wildman–Crippen MR) is 99.5 cm³/mol. The monoisotopic (exact) mass is 335 g/mol. The molecule has 0 aliphatic rings. The second-order valence-corrected chi connectivity index (χ2v) is 6.59. The van der Waals surface area contributed by atoms with Crippen molar-refractivity contribution in [2.45, 2.75) is 13.8 Å². The van der Waals surface area contributed by atoms with Gasteiger partial charge in [-0.15, -0.1) is 11.3 Å². The van der Waals surface area contributed by atoms with Crippen molar-refractivity contribution in [3.8, 4) is 0 Å². The van der Waals surface area contributed by atoms with Gasteiger partial charge in [0.25, 0.3) is 5.56 Å². The van der Waals surface area contributed by atoms with Crippen LogP contribution in [-0.4, -0.2) is 10.8 Å². The van der Waals surface area contributed by atoms with Gasteiger partial charge >= 0.3 is 0 Å². The minimum atomic E-state index is -0.342. The van der Waals surface area contributed by atoms with Crippen molar-refractivity contribution in [2.24, 2.45) is 0 Å². The summed E-state index contributed by atoms with van der Waals surface area (Å²) in [7, 11) is 0. The lowest BCUT2D eigenvalue weighted by atomic mass is 9.94. The minimum absolute atomic E-state index is 0.201. The molecule has 0 atom stereocenters. The van der Waals surface area contributed by atoms with Crippen molar-refractivity contribution in [2.75, 3.05) is 0 Å². The maximum atomic E-state index is 13.1. The van der Waals surface area contributed by atoms with Crippen LogP contribution >= 0.6 is 11.3 Å². The minimum Gasteiger partial charge on any atom is -0.326 e. The average Bonchev–Trinajstić information content (AvgIpc) is 3.05. The molecule has 2 aromatic heterocycles. The van der Waals surface area contributed by atoms with Crippen molar-refractivity contribution in [1.29, 1.82) is 0 Å². The first-order valence-corrected chi connectivity index (χ1v) is 8.50. The van der Waals surface area contributed by atoms with E-state index < -0.39 is 0 Å². The van der Waals surface area contributed by atoms with E-state index >= 15 is 0 Å². The summed E-state index contributed by atoms with van der Waals surface area (Å²) in [6.45, 7) is 3.60. The highest BCUT2D eigenvalue weighted by molar-refractivity contribution is 7.11. The highest BCUT2D eigenvalue weighted by Gasteiger charge is 2.20. The van der Waals surface area contributed by atoms with E-state index in [9.17, 15) is 9.59 Å². The number of benzene rings is 1. The largest absolute Gasteiger partial charge is 0.326 e. The first kappa shape index (κ1) is 16.1. The molecule has 3 nitrogen and oxygen atoms in total. The molecule has 2 heterocycles. The third kappa shape index (κ3) is 3.29. The van der Waals surface area contributed by atoms with Gasteiger partial charge in [-0.05, 0) is 48.6 Å². The molecule has 0 aliphatic carbocycles. The Bertz CT molecular complexity index is 951. The summed E-state index contributed by atoms with van der Waals surface area (Å²) in [6.07, 6.45) is 1.85. The summed E-state index contributed by atoms with van der Waals surface area (Å²) in [6, 6.07) is 15.2. The fourth-order valence-electron chi connectivity index (χ4n) is 2.68. The molecular formula is C20H17NO2S. The molecule has 0 saturated carbocycles. The van der Waals surface area contributed by atoms with Crippen molar-refractivity contribution in [3.63, 3.8) is 0 Å². The van der Waals surface area contributed by atoms with Crippen molar-refractivity contribution in [3.05, 3.63) is 91.5 Å². The lowest BCUT2D eigenvalue weighted by Gasteiger charge is -2.09. The number of ketones is 1. The van der Waals surface area contributed by atoms with Crippen LogP contribution in [0, 0.1) is 13.8 Å². The molecule has 0 fully saturated rings. The zero-order valence-electron chi connectivity index (χ0n) is 13.5. The number of aromatic nitrogens is 1. The van der Waals surface area contributed by atoms with Crippen LogP contribution in [0.15, 0.2) is 58.7 Å². The number of nitrogens with one attached hydrogen (secondary N) is 1. The van der Waals surface area contributed by atoms with E-state index in [-0.39, 0.29) is 16.9 Å². The summed E-state index contributed by atoms with van der Waals surface area (Å²) in [4.78, 5) is 29.2. The standard InChI is InChI=1S/C20H17NO2S/c1-13-11-14(2)21-20(23)18(13)19(22)17(12-16-9-6-10-24-16)15-7-4-3-5-8-15/h3-12H,1-2H3,(H,21,23). The van der Waals surface area contributed by atoms with Crippen molar-refractivity contribution < 1.29 is 4.79 Å². The average molecular weight is 335 g/mol. The lowest BCUT2D eigenvalue weighted by Crippen LogP contribution is -2.21. The third-order valence-electron chi connectivity index (χ3n) is 3.75. The van der Waals surface area contributed by atoms with E-state index in [2.05, 4.69) is 4.98 Å². The highest BCUT2D eigenvalue weighted by atomic mass is 32.1. The number of allylic oxidation sites excluding steroid dienone is 1. The molecular weight excluding hydrogens is 318 g/mol. The topological polar surface area (TPSA) is 49.9 Å². The van der Waals surface area contributed by atoms with Crippen LogP contribution in [-0.2, 0) is 0 Å². The molecule has 0 unspecified atom stereocenters. The number of hydrogen-bond acceptors (Lipinski definition) is 3. The Morgan fingerprint density at radius 3 is 2.46 bits per heavy atom. The Morgan fingerprint density at radius 1 is 1.08 bits per heavy atom. The van der Waals surface area contributed by atoms with Crippen LogP contribution < -0.4 is 5.56 Å². The van der Waals surface area contributed by atoms with Crippen LogP contribution in [0.25, 0.3) is 11.6 Å². The number of carbonyl (C=O) groups excluding carboxylic acids is 1. The van der Waals surface area contributed by atoms with Gasteiger partial charge in [-0.25, -0.2) is 0 Å². The number of aromatic amines is 1. The smallest absolute Gasteiger partial charge is 0.259 e. The lowest BCUT2D eigenvalue weighted by molar-refractivity contribution is 0.105. The van der Waals surface area contributed by atoms with Crippen LogP contribution in [0.2, 0.25) is 0 Å². The van der Waals surface area contributed by atoms with Gasteiger partial charge in [-0.1, -0.05) is 36.4 Å². The van der Waals surface area contributed by atoms with Gasteiger partial charge in [0.05, 0.1) is 5.56 Å². The second kappa shape index (κ2) is 6.81. The molecule has 0 aliphatic heterocycles. The number of carbonyl (C=O) groups is 1. The van der Waals surface area contributed by atoms with Crippen LogP contribution in [0.4, 0.5) is 0 Å². The van der Waals surface area contributed by atoms with Gasteiger partial charge in [-0.3, -0.25) is 9.59 Å². The van der Waals surface area contributed by atoms with E-state index in [1.807, 2.05) is 66.9 Å². The van der Waals surface area contributed by atoms with Crippen LogP contribution in [0.3, 0.4) is 0 Å². The van der Waals surface area contributed by atoms with Crippen molar-refractivity contribution >= 4 is 28.8 Å². The fourth-order valence-corrected chi connectivity index (χ4v) is 3.34. The molecule has 0 amide bonds. The summed E-state index contributed by atoms with van der Waals surface area (Å²) < 4.78 is 0. The van der Waals surface area contributed by atoms with E-state index in [0.717, 1.165) is 16.1 Å². The van der Waals surface area contributed by atoms with Crippen molar-refractivity contribution in [1.82, 2.24) is 4.98 Å². The molecule has 0 radical (unpaired) electrons. The van der Waals surface area contributed by atoms with E-state index in [4.69, 9.17) is 0 Å². The maximum Gasteiger partial charge on any atom is 0.259 e. The second-order valence-electron chi connectivity index (χ2n) is 5.61. The van der Waals surface area contributed by atoms with Gasteiger partial charge < -0.3 is 4.98 Å². The molecule has 24 heavy (non-hydrogen) atoms. The molecule has 0 spiro atoms. The number of pyridine rings is 1.